The minimum Gasteiger partial charge on any atom is -0.481 e. The van der Waals surface area contributed by atoms with Crippen LogP contribution in [0.4, 0.5) is 11.4 Å². The maximum Gasteiger partial charge on any atom is 0.305 e. The molecular formula is C22H22N4O7S. The highest BCUT2D eigenvalue weighted by atomic mass is 32.1. The van der Waals surface area contributed by atoms with Crippen LogP contribution in [0, 0.1) is 0 Å². The van der Waals surface area contributed by atoms with Gasteiger partial charge < -0.3 is 25.4 Å². The second-order valence-corrected chi connectivity index (χ2v) is 8.27. The predicted molar refractivity (Wildman–Crippen MR) is 123 cm³/mol. The van der Waals surface area contributed by atoms with E-state index in [1.807, 2.05) is 0 Å². The third-order valence-electron chi connectivity index (χ3n) is 5.07. The lowest BCUT2D eigenvalue weighted by Crippen LogP contribution is -2.54. The molecule has 0 bridgehead atoms. The Morgan fingerprint density at radius 2 is 1.91 bits per heavy atom. The van der Waals surface area contributed by atoms with E-state index in [9.17, 15) is 28.8 Å². The fourth-order valence-electron chi connectivity index (χ4n) is 3.51. The summed E-state index contributed by atoms with van der Waals surface area (Å²) in [5.41, 5.74) is 0.965. The molecular weight excluding hydrogens is 464 g/mol. The van der Waals surface area contributed by atoms with Crippen molar-refractivity contribution in [2.75, 3.05) is 22.9 Å². The molecule has 3 N–H and O–H groups in total. The number of fused-ring (bicyclic) bond motifs is 1. The average molecular weight is 487 g/mol. The van der Waals surface area contributed by atoms with E-state index in [2.05, 4.69) is 10.6 Å². The Labute approximate surface area is 198 Å². The Balaban J connectivity index is 1.93. The number of nitrogens with one attached hydrogen (secondary N) is 2. The number of anilines is 2. The Kier molecular flexibility index (Phi) is 7.74. The Morgan fingerprint density at radius 3 is 2.50 bits per heavy atom. The molecule has 0 fully saturated rings. The van der Waals surface area contributed by atoms with Crippen molar-refractivity contribution in [1.29, 1.82) is 0 Å². The Bertz CT molecular complexity index is 1120. The topological polar surface area (TPSA) is 153 Å². The standard InChI is InChI=1S/C22H22N4O7S/c1-13(28)25-9-16(24-21(32)14-6-7-34-12-14)22(33)26(18-5-3-2-4-17(18)25)10-19(29)23-15(11-27)8-20(30)31/h2-7,11-12,15-16H,8-10H2,1H3,(H,23,29)(H,24,32)(H,30,31). The fraction of sp³-hybridized carbons (Fsp3) is 0.273. The molecule has 1 aromatic carbocycles. The number of carbonyl (C=O) groups is 6. The van der Waals surface area contributed by atoms with E-state index in [0.29, 0.717) is 17.5 Å². The number of hydrogen-bond acceptors (Lipinski definition) is 7. The first-order valence-corrected chi connectivity index (χ1v) is 11.1. The minimum absolute atomic E-state index is 0.158. The molecule has 0 saturated heterocycles. The van der Waals surface area contributed by atoms with Gasteiger partial charge >= 0.3 is 5.97 Å². The number of rotatable bonds is 8. The van der Waals surface area contributed by atoms with E-state index in [1.54, 1.807) is 41.1 Å². The first-order chi connectivity index (χ1) is 16.2. The molecule has 0 aliphatic carbocycles. The average Bonchev–Trinajstić information content (AvgIpc) is 3.30. The van der Waals surface area contributed by atoms with Crippen LogP contribution in [0.2, 0.25) is 0 Å². The van der Waals surface area contributed by atoms with Gasteiger partial charge in [-0.1, -0.05) is 12.1 Å². The number of benzene rings is 1. The summed E-state index contributed by atoms with van der Waals surface area (Å²) < 4.78 is 0. The fourth-order valence-corrected chi connectivity index (χ4v) is 4.14. The van der Waals surface area contributed by atoms with Gasteiger partial charge in [0.15, 0.2) is 0 Å². The normalized spacial score (nSPS) is 16.1. The number of carbonyl (C=O) groups excluding carboxylic acids is 5. The first kappa shape index (κ1) is 24.6. The van der Waals surface area contributed by atoms with Crippen molar-refractivity contribution >= 4 is 58.6 Å². The highest BCUT2D eigenvalue weighted by Gasteiger charge is 2.37. The zero-order valence-electron chi connectivity index (χ0n) is 18.1. The SMILES string of the molecule is CC(=O)N1CC(NC(=O)c2ccsc2)C(=O)N(CC(=O)NC(C=O)CC(=O)O)c2ccccc21. The smallest absolute Gasteiger partial charge is 0.305 e. The summed E-state index contributed by atoms with van der Waals surface area (Å²) in [5, 5.41) is 17.1. The molecule has 0 saturated carbocycles. The van der Waals surface area contributed by atoms with E-state index >= 15 is 0 Å². The van der Waals surface area contributed by atoms with E-state index in [1.165, 1.54) is 23.2 Å². The van der Waals surface area contributed by atoms with Crippen molar-refractivity contribution in [3.05, 3.63) is 46.7 Å². The van der Waals surface area contributed by atoms with Crippen LogP contribution in [0.25, 0.3) is 0 Å². The molecule has 178 valence electrons. The van der Waals surface area contributed by atoms with Crippen molar-refractivity contribution in [1.82, 2.24) is 10.6 Å². The van der Waals surface area contributed by atoms with Gasteiger partial charge in [-0.25, -0.2) is 0 Å². The molecule has 2 heterocycles. The Hall–Kier alpha value is -4.06. The maximum atomic E-state index is 13.5. The lowest BCUT2D eigenvalue weighted by atomic mass is 10.2. The van der Waals surface area contributed by atoms with Crippen LogP contribution in [-0.2, 0) is 24.0 Å². The lowest BCUT2D eigenvalue weighted by Gasteiger charge is -2.25. The summed E-state index contributed by atoms with van der Waals surface area (Å²) in [6, 6.07) is 5.59. The molecule has 0 radical (unpaired) electrons. The molecule has 1 aliphatic rings. The third kappa shape index (κ3) is 5.64. The van der Waals surface area contributed by atoms with E-state index in [4.69, 9.17) is 5.11 Å². The molecule has 2 unspecified atom stereocenters. The van der Waals surface area contributed by atoms with Gasteiger partial charge in [0.05, 0.1) is 35.9 Å². The number of amides is 4. The molecule has 12 heteroatoms. The molecule has 1 aromatic heterocycles. The maximum absolute atomic E-state index is 13.5. The van der Waals surface area contributed by atoms with Crippen LogP contribution >= 0.6 is 11.3 Å². The minimum atomic E-state index is -1.28. The lowest BCUT2D eigenvalue weighted by molar-refractivity contribution is -0.139. The van der Waals surface area contributed by atoms with Crippen LogP contribution in [0.3, 0.4) is 0 Å². The number of thiophene rings is 1. The van der Waals surface area contributed by atoms with Crippen molar-refractivity contribution in [3.8, 4) is 0 Å². The summed E-state index contributed by atoms with van der Waals surface area (Å²) >= 11 is 1.31. The van der Waals surface area contributed by atoms with Gasteiger partial charge in [0, 0.05) is 12.3 Å². The van der Waals surface area contributed by atoms with Crippen molar-refractivity contribution < 1.29 is 33.9 Å². The second-order valence-electron chi connectivity index (χ2n) is 7.49. The van der Waals surface area contributed by atoms with Gasteiger partial charge in [-0.3, -0.25) is 28.9 Å². The van der Waals surface area contributed by atoms with Crippen LogP contribution < -0.4 is 20.4 Å². The molecule has 2 atom stereocenters. The third-order valence-corrected chi connectivity index (χ3v) is 5.75. The Morgan fingerprint density at radius 1 is 1.21 bits per heavy atom. The van der Waals surface area contributed by atoms with E-state index < -0.39 is 48.7 Å². The van der Waals surface area contributed by atoms with E-state index in [0.717, 1.165) is 4.90 Å². The summed E-state index contributed by atoms with van der Waals surface area (Å²) in [7, 11) is 0. The summed E-state index contributed by atoms with van der Waals surface area (Å²) in [4.78, 5) is 75.6. The molecule has 2 aromatic rings. The van der Waals surface area contributed by atoms with Crippen LogP contribution in [0.15, 0.2) is 41.1 Å². The summed E-state index contributed by atoms with van der Waals surface area (Å²) in [6.07, 6.45) is -0.317. The van der Waals surface area contributed by atoms with Crippen molar-refractivity contribution in [2.45, 2.75) is 25.4 Å². The number of hydrogen-bond donors (Lipinski definition) is 3. The summed E-state index contributed by atoms with van der Waals surface area (Å²) in [5.74, 6) is -3.58. The zero-order chi connectivity index (χ0) is 24.8. The first-order valence-electron chi connectivity index (χ1n) is 10.2. The highest BCUT2D eigenvalue weighted by molar-refractivity contribution is 7.08. The van der Waals surface area contributed by atoms with Gasteiger partial charge in [-0.15, -0.1) is 0 Å². The molecule has 11 nitrogen and oxygen atoms in total. The van der Waals surface area contributed by atoms with Gasteiger partial charge in [0.2, 0.25) is 11.8 Å². The van der Waals surface area contributed by atoms with Gasteiger partial charge in [-0.05, 0) is 23.6 Å². The van der Waals surface area contributed by atoms with Gasteiger partial charge in [-0.2, -0.15) is 11.3 Å². The molecule has 0 spiro atoms. The largest absolute Gasteiger partial charge is 0.481 e. The van der Waals surface area contributed by atoms with E-state index in [-0.39, 0.29) is 18.1 Å². The van der Waals surface area contributed by atoms with Crippen molar-refractivity contribution in [2.24, 2.45) is 0 Å². The highest BCUT2D eigenvalue weighted by Crippen LogP contribution is 2.32. The number of aldehydes is 1. The van der Waals surface area contributed by atoms with Gasteiger partial charge in [0.25, 0.3) is 11.8 Å². The number of aliphatic carboxylic acids is 1. The van der Waals surface area contributed by atoms with Crippen LogP contribution in [-0.4, -0.2) is 66.2 Å². The number of nitrogens with zero attached hydrogens (tertiary/aromatic N) is 2. The quantitative estimate of drug-likeness (QED) is 0.457. The van der Waals surface area contributed by atoms with Crippen molar-refractivity contribution in [3.63, 3.8) is 0 Å². The number of carboxylic acids is 1. The molecule has 3 rings (SSSR count). The van der Waals surface area contributed by atoms with Gasteiger partial charge in [0.1, 0.15) is 18.9 Å². The molecule has 4 amide bonds. The number of para-hydroxylation sites is 2. The van der Waals surface area contributed by atoms with Crippen LogP contribution in [0.5, 0.6) is 0 Å². The molecule has 1 aliphatic heterocycles. The van der Waals surface area contributed by atoms with Crippen LogP contribution in [0.1, 0.15) is 23.7 Å². The monoisotopic (exact) mass is 486 g/mol. The summed E-state index contributed by atoms with van der Waals surface area (Å²) in [6.45, 7) is 0.605. The predicted octanol–water partition coefficient (Wildman–Crippen LogP) is 0.405. The second kappa shape index (κ2) is 10.7. The molecule has 34 heavy (non-hydrogen) atoms. The number of carboxylic acid groups (broad SMARTS) is 1. The zero-order valence-corrected chi connectivity index (χ0v) is 18.9.